The van der Waals surface area contributed by atoms with E-state index >= 15 is 0 Å². The summed E-state index contributed by atoms with van der Waals surface area (Å²) in [5.74, 6) is -1.99. The lowest BCUT2D eigenvalue weighted by Crippen LogP contribution is -2.35. The predicted octanol–water partition coefficient (Wildman–Crippen LogP) is 2.09. The number of hydrogen-bond acceptors (Lipinski definition) is 7. The Balaban J connectivity index is 3.46. The van der Waals surface area contributed by atoms with Crippen LogP contribution in [-0.2, 0) is 9.59 Å². The Labute approximate surface area is 153 Å². The topological polar surface area (TPSA) is 130 Å². The van der Waals surface area contributed by atoms with E-state index in [1.54, 1.807) is 18.2 Å². The van der Waals surface area contributed by atoms with Gasteiger partial charge >= 0.3 is 0 Å². The fourth-order valence-electron chi connectivity index (χ4n) is 2.24. The molecule has 0 aliphatic heterocycles. The van der Waals surface area contributed by atoms with Crippen LogP contribution < -0.4 is 5.32 Å². The van der Waals surface area contributed by atoms with Crippen LogP contribution in [0.15, 0.2) is 27.9 Å². The van der Waals surface area contributed by atoms with Crippen molar-refractivity contribution in [3.63, 3.8) is 0 Å². The van der Waals surface area contributed by atoms with E-state index in [9.17, 15) is 14.9 Å². The fraction of sp³-hybridized carbons (Fsp3) is 0.421. The van der Waals surface area contributed by atoms with E-state index in [1.807, 2.05) is 13.8 Å². The Morgan fingerprint density at radius 1 is 1.12 bits per heavy atom. The molecular formula is C19H20N5O2+. The molecule has 0 heterocycles. The van der Waals surface area contributed by atoms with Gasteiger partial charge in [-0.05, 0) is 18.9 Å². The zero-order chi connectivity index (χ0) is 19.5. The van der Waals surface area contributed by atoms with Crippen molar-refractivity contribution in [2.75, 3.05) is 13.1 Å². The van der Waals surface area contributed by atoms with Crippen molar-refractivity contribution in [1.29, 1.82) is 15.8 Å². The molecule has 26 heavy (non-hydrogen) atoms. The molecule has 132 valence electrons. The lowest BCUT2D eigenvalue weighted by Gasteiger charge is -2.14. The van der Waals surface area contributed by atoms with Gasteiger partial charge in [0, 0.05) is 13.1 Å². The summed E-state index contributed by atoms with van der Waals surface area (Å²) < 4.78 is 0. The quantitative estimate of drug-likeness (QED) is 0.234. The summed E-state index contributed by atoms with van der Waals surface area (Å²) in [6, 6.07) is 4.79. The number of nitrogens with zero attached hydrogens (tertiary/aromatic N) is 4. The first kappa shape index (κ1) is 20.7. The summed E-state index contributed by atoms with van der Waals surface area (Å²) >= 11 is 0. The van der Waals surface area contributed by atoms with E-state index in [4.69, 9.17) is 10.5 Å². The first-order chi connectivity index (χ1) is 12.5. The second-order valence-electron chi connectivity index (χ2n) is 5.58. The molecule has 1 rings (SSSR count). The van der Waals surface area contributed by atoms with Crippen LogP contribution in [0.25, 0.3) is 0 Å². The smallest absolute Gasteiger partial charge is 0.271 e. The van der Waals surface area contributed by atoms with Gasteiger partial charge < -0.3 is 5.32 Å². The average Bonchev–Trinajstić information content (AvgIpc) is 2.64. The minimum absolute atomic E-state index is 0.0510. The van der Waals surface area contributed by atoms with Crippen LogP contribution in [0.1, 0.15) is 39.5 Å². The number of nitriles is 3. The number of carbonyl (C=O) groups is 2. The van der Waals surface area contributed by atoms with Crippen LogP contribution in [0.5, 0.6) is 0 Å². The maximum atomic E-state index is 12.7. The standard InChI is InChI=1S/C19H20N5O2/c1-3-5-7-23-15-9-16(24-8-6-4-2)19(26)17(18(15)25)14(12-22)13(10-20)11-21/h9,23H,3-8H2,1-2H3/q+1. The third-order valence-corrected chi connectivity index (χ3v) is 3.69. The second kappa shape index (κ2) is 10.5. The number of rotatable bonds is 8. The van der Waals surface area contributed by atoms with Crippen LogP contribution in [0.2, 0.25) is 0 Å². The van der Waals surface area contributed by atoms with Gasteiger partial charge in [-0.15, -0.1) is 0 Å². The molecule has 0 spiro atoms. The molecule has 1 aliphatic rings. The summed E-state index contributed by atoms with van der Waals surface area (Å²) in [6.45, 7) is 4.92. The van der Waals surface area contributed by atoms with Crippen molar-refractivity contribution in [2.24, 2.45) is 4.99 Å². The molecule has 1 aliphatic carbocycles. The molecule has 0 bridgehead atoms. The third-order valence-electron chi connectivity index (χ3n) is 3.69. The molecule has 0 saturated carbocycles. The highest BCUT2D eigenvalue weighted by Gasteiger charge is 2.43. The number of nitrogens with one attached hydrogen (secondary N) is 1. The summed E-state index contributed by atoms with van der Waals surface area (Å²) in [5, 5.41) is 30.4. The molecule has 7 heteroatoms. The lowest BCUT2D eigenvalue weighted by atomic mass is 9.86. The Morgan fingerprint density at radius 2 is 1.77 bits per heavy atom. The summed E-state index contributed by atoms with van der Waals surface area (Å²) in [6.07, 6.45) is 4.78. The number of aliphatic imine (C=N–C) groups is 1. The molecule has 0 fully saturated rings. The van der Waals surface area contributed by atoms with Crippen molar-refractivity contribution >= 4 is 17.3 Å². The van der Waals surface area contributed by atoms with E-state index in [-0.39, 0.29) is 11.4 Å². The maximum absolute atomic E-state index is 12.7. The van der Waals surface area contributed by atoms with Crippen molar-refractivity contribution in [2.45, 2.75) is 39.5 Å². The molecule has 0 aromatic heterocycles. The van der Waals surface area contributed by atoms with Gasteiger partial charge in [0.25, 0.3) is 29.1 Å². The molecule has 0 unspecified atom stereocenters. The monoisotopic (exact) mass is 350 g/mol. The lowest BCUT2D eigenvalue weighted by molar-refractivity contribution is -0.117. The zero-order valence-corrected chi connectivity index (χ0v) is 14.9. The van der Waals surface area contributed by atoms with Crippen LogP contribution >= 0.6 is 0 Å². The number of allylic oxidation sites excluding steroid dienone is 3. The molecule has 0 radical (unpaired) electrons. The number of carbonyl (C=O) groups excluding carboxylic acids is 2. The maximum Gasteiger partial charge on any atom is 0.271 e. The molecule has 0 aromatic rings. The summed E-state index contributed by atoms with van der Waals surface area (Å²) in [4.78, 5) is 29.6. The number of unbranched alkanes of at least 4 members (excludes halogenated alkanes) is 2. The van der Waals surface area contributed by atoms with Crippen LogP contribution in [0.4, 0.5) is 0 Å². The van der Waals surface area contributed by atoms with E-state index in [0.29, 0.717) is 13.1 Å². The van der Waals surface area contributed by atoms with Crippen molar-refractivity contribution < 1.29 is 9.59 Å². The molecule has 0 aromatic carbocycles. The normalized spacial score (nSPS) is 17.0. The minimum atomic E-state index is -0.730. The average molecular weight is 350 g/mol. The number of Topliss-reactive ketones (excluding diaryl/α,β-unsaturated/α-hetero) is 2. The second-order valence-corrected chi connectivity index (χ2v) is 5.58. The van der Waals surface area contributed by atoms with E-state index < -0.39 is 28.6 Å². The van der Waals surface area contributed by atoms with Gasteiger partial charge in [-0.1, -0.05) is 32.0 Å². The Morgan fingerprint density at radius 3 is 2.31 bits per heavy atom. The van der Waals surface area contributed by atoms with E-state index in [2.05, 4.69) is 10.3 Å². The molecule has 7 nitrogen and oxygen atoms in total. The first-order valence-corrected chi connectivity index (χ1v) is 8.46. The van der Waals surface area contributed by atoms with Crippen LogP contribution in [0, 0.1) is 39.9 Å². The number of ketones is 2. The SMILES string of the molecule is CCCCN=C1C=C(NCCCC)C(=O)C(=C(C#N)[C+](C#N)C#N)C1=O. The minimum Gasteiger partial charge on any atom is -0.381 e. The van der Waals surface area contributed by atoms with Gasteiger partial charge in [0.2, 0.25) is 0 Å². The van der Waals surface area contributed by atoms with Gasteiger partial charge in [0.05, 0.1) is 5.70 Å². The highest BCUT2D eigenvalue weighted by Crippen LogP contribution is 2.23. The molecule has 1 N–H and O–H groups in total. The van der Waals surface area contributed by atoms with E-state index in [1.165, 1.54) is 6.08 Å². The summed E-state index contributed by atoms with van der Waals surface area (Å²) in [5.41, 5.74) is -0.778. The van der Waals surface area contributed by atoms with Gasteiger partial charge in [-0.25, -0.2) is 0 Å². The molecule has 0 saturated heterocycles. The highest BCUT2D eigenvalue weighted by atomic mass is 16.2. The van der Waals surface area contributed by atoms with Gasteiger partial charge in [0.15, 0.2) is 17.7 Å². The Bertz CT molecular complexity index is 770. The Kier molecular flexibility index (Phi) is 8.34. The van der Waals surface area contributed by atoms with Crippen molar-refractivity contribution in [1.82, 2.24) is 5.32 Å². The number of hydrogen-bond donors (Lipinski definition) is 1. The van der Waals surface area contributed by atoms with Crippen molar-refractivity contribution in [3.05, 3.63) is 28.8 Å². The largest absolute Gasteiger partial charge is 0.381 e. The Hall–Kier alpha value is -3.37. The zero-order valence-electron chi connectivity index (χ0n) is 14.9. The van der Waals surface area contributed by atoms with Gasteiger partial charge in [-0.3, -0.25) is 14.6 Å². The molecular weight excluding hydrogens is 330 g/mol. The van der Waals surface area contributed by atoms with Gasteiger partial charge in [0.1, 0.15) is 5.71 Å². The highest BCUT2D eigenvalue weighted by molar-refractivity contribution is 6.59. The third kappa shape index (κ3) is 4.82. The van der Waals surface area contributed by atoms with E-state index in [0.717, 1.165) is 25.7 Å². The summed E-state index contributed by atoms with van der Waals surface area (Å²) in [7, 11) is 0. The van der Waals surface area contributed by atoms with Crippen LogP contribution in [-0.4, -0.2) is 30.4 Å². The molecule has 0 amide bonds. The first-order valence-electron chi connectivity index (χ1n) is 8.46. The predicted molar refractivity (Wildman–Crippen MR) is 95.3 cm³/mol. The van der Waals surface area contributed by atoms with Gasteiger partial charge in [-0.2, -0.15) is 10.5 Å². The van der Waals surface area contributed by atoms with Crippen molar-refractivity contribution in [3.8, 4) is 18.2 Å². The van der Waals surface area contributed by atoms with Crippen LogP contribution in [0.3, 0.4) is 0 Å². The fourth-order valence-corrected chi connectivity index (χ4v) is 2.24. The molecule has 0 atom stereocenters.